The third-order valence-corrected chi connectivity index (χ3v) is 6.12. The Morgan fingerprint density at radius 1 is 1.25 bits per heavy atom. The zero-order valence-electron chi connectivity index (χ0n) is 21.0. The number of benzene rings is 1. The van der Waals surface area contributed by atoms with Crippen molar-refractivity contribution in [2.45, 2.75) is 51.4 Å². The Labute approximate surface area is 208 Å². The van der Waals surface area contributed by atoms with Crippen LogP contribution in [-0.4, -0.2) is 58.5 Å². The number of imidazole rings is 1. The van der Waals surface area contributed by atoms with Gasteiger partial charge in [0.1, 0.15) is 11.4 Å². The second-order valence-electron chi connectivity index (χ2n) is 10.2. The number of amides is 2. The van der Waals surface area contributed by atoms with Crippen LogP contribution in [0, 0.1) is 0 Å². The summed E-state index contributed by atoms with van der Waals surface area (Å²) in [5.41, 5.74) is 1.52. The summed E-state index contributed by atoms with van der Waals surface area (Å²) in [6.07, 6.45) is 2.56. The largest absolute Gasteiger partial charge is 0.495 e. The first-order valence-electron chi connectivity index (χ1n) is 11.8. The van der Waals surface area contributed by atoms with E-state index in [-0.39, 0.29) is 11.6 Å². The molecule has 0 radical (unpaired) electrons. The highest BCUT2D eigenvalue weighted by Gasteiger charge is 2.45. The van der Waals surface area contributed by atoms with Crippen LogP contribution in [0.1, 0.15) is 49.7 Å². The second kappa shape index (κ2) is 8.66. The quantitative estimate of drug-likeness (QED) is 0.554. The average molecular weight is 495 g/mol. The lowest BCUT2D eigenvalue weighted by molar-refractivity contribution is 0.0589. The van der Waals surface area contributed by atoms with Crippen molar-refractivity contribution in [2.24, 2.45) is 0 Å². The maximum absolute atomic E-state index is 13.3. The molecule has 36 heavy (non-hydrogen) atoms. The maximum Gasteiger partial charge on any atom is 0.414 e. The van der Waals surface area contributed by atoms with Crippen LogP contribution in [0.15, 0.2) is 30.5 Å². The molecule has 3 aromatic rings. The van der Waals surface area contributed by atoms with Crippen molar-refractivity contribution in [3.05, 3.63) is 41.7 Å². The van der Waals surface area contributed by atoms with Crippen molar-refractivity contribution in [1.29, 1.82) is 0 Å². The van der Waals surface area contributed by atoms with E-state index in [9.17, 15) is 9.59 Å². The predicted molar refractivity (Wildman–Crippen MR) is 133 cm³/mol. The molecular weight excluding hydrogens is 464 g/mol. The summed E-state index contributed by atoms with van der Waals surface area (Å²) >= 11 is 0. The molecule has 2 amide bonds. The molecule has 1 aliphatic heterocycles. The number of anilines is 3. The molecule has 2 aromatic heterocycles. The summed E-state index contributed by atoms with van der Waals surface area (Å²) in [4.78, 5) is 32.0. The van der Waals surface area contributed by atoms with E-state index >= 15 is 0 Å². The first-order chi connectivity index (χ1) is 17.1. The number of carbonyl (C=O) groups excluding carboxylic acids is 2. The van der Waals surface area contributed by atoms with Gasteiger partial charge in [-0.25, -0.2) is 14.3 Å². The Morgan fingerprint density at radius 2 is 2.03 bits per heavy atom. The van der Waals surface area contributed by atoms with E-state index in [4.69, 9.17) is 14.2 Å². The molecular formula is C25H30N6O5. The number of carbonyl (C=O) groups is 2. The third kappa shape index (κ3) is 4.66. The zero-order chi connectivity index (χ0) is 25.7. The highest BCUT2D eigenvalue weighted by Crippen LogP contribution is 2.37. The molecule has 0 unspecified atom stereocenters. The Kier molecular flexibility index (Phi) is 5.74. The van der Waals surface area contributed by atoms with Crippen molar-refractivity contribution in [1.82, 2.24) is 19.9 Å². The van der Waals surface area contributed by atoms with Crippen LogP contribution in [0.3, 0.4) is 0 Å². The molecule has 0 saturated heterocycles. The molecule has 1 aromatic carbocycles. The fourth-order valence-corrected chi connectivity index (χ4v) is 4.05. The summed E-state index contributed by atoms with van der Waals surface area (Å²) in [6, 6.07) is 7.41. The summed E-state index contributed by atoms with van der Waals surface area (Å²) in [6.45, 7) is 6.18. The number of fused-ring (bicyclic) bond motifs is 3. The molecule has 190 valence electrons. The van der Waals surface area contributed by atoms with Crippen LogP contribution in [0.2, 0.25) is 0 Å². The third-order valence-electron chi connectivity index (χ3n) is 6.12. The van der Waals surface area contributed by atoms with Crippen molar-refractivity contribution >= 4 is 34.8 Å². The van der Waals surface area contributed by atoms with E-state index in [2.05, 4.69) is 20.7 Å². The number of nitrogens with one attached hydrogen (secondary N) is 2. The van der Waals surface area contributed by atoms with Gasteiger partial charge in [0.2, 0.25) is 0 Å². The normalized spacial score (nSPS) is 16.8. The van der Waals surface area contributed by atoms with Gasteiger partial charge in [-0.2, -0.15) is 0 Å². The van der Waals surface area contributed by atoms with Gasteiger partial charge in [-0.05, 0) is 51.3 Å². The van der Waals surface area contributed by atoms with Crippen molar-refractivity contribution in [2.75, 3.05) is 31.0 Å². The number of hydrogen-bond donors (Lipinski definition) is 2. The molecule has 1 aliphatic carbocycles. The van der Waals surface area contributed by atoms with Crippen LogP contribution in [-0.2, 0) is 16.1 Å². The van der Waals surface area contributed by atoms with E-state index in [0.717, 1.165) is 18.4 Å². The van der Waals surface area contributed by atoms with Crippen LogP contribution in [0.25, 0.3) is 5.65 Å². The summed E-state index contributed by atoms with van der Waals surface area (Å²) < 4.78 is 18.5. The number of nitrogens with zero attached hydrogens (tertiary/aromatic N) is 4. The van der Waals surface area contributed by atoms with Gasteiger partial charge < -0.3 is 24.8 Å². The molecule has 2 aliphatic rings. The van der Waals surface area contributed by atoms with Gasteiger partial charge in [0, 0.05) is 13.1 Å². The SMILES string of the molecule is COc1ccc2cc1Nc1cc(N(C)C(=O)OC(C)(C)C)c3ncc(n3n1)C(=O)NC1(CC1)COC2. The molecule has 2 N–H and O–H groups in total. The van der Waals surface area contributed by atoms with Gasteiger partial charge in [0.05, 0.1) is 43.4 Å². The highest BCUT2D eigenvalue weighted by atomic mass is 16.6. The highest BCUT2D eigenvalue weighted by molar-refractivity contribution is 5.97. The summed E-state index contributed by atoms with van der Waals surface area (Å²) in [5.74, 6) is 0.679. The topological polar surface area (TPSA) is 119 Å². The Hall–Kier alpha value is -3.86. The minimum Gasteiger partial charge on any atom is -0.495 e. The van der Waals surface area contributed by atoms with Gasteiger partial charge in [-0.1, -0.05) is 6.07 Å². The van der Waals surface area contributed by atoms with Crippen molar-refractivity contribution < 1.29 is 23.8 Å². The minimum absolute atomic E-state index is 0.247. The first kappa shape index (κ1) is 23.9. The van der Waals surface area contributed by atoms with E-state index < -0.39 is 17.2 Å². The smallest absolute Gasteiger partial charge is 0.414 e. The lowest BCUT2D eigenvalue weighted by Crippen LogP contribution is -2.41. The van der Waals surface area contributed by atoms with E-state index in [1.807, 2.05) is 18.2 Å². The Morgan fingerprint density at radius 3 is 2.72 bits per heavy atom. The van der Waals surface area contributed by atoms with E-state index in [1.165, 1.54) is 15.6 Å². The number of aromatic nitrogens is 3. The molecule has 0 atom stereocenters. The molecule has 5 rings (SSSR count). The number of rotatable bonds is 2. The minimum atomic E-state index is -0.682. The second-order valence-corrected chi connectivity index (χ2v) is 10.2. The Balaban J connectivity index is 1.65. The van der Waals surface area contributed by atoms with E-state index in [1.54, 1.807) is 41.0 Å². The van der Waals surface area contributed by atoms with Gasteiger partial charge in [0.25, 0.3) is 5.91 Å². The fraction of sp³-hybridized carbons (Fsp3) is 0.440. The fourth-order valence-electron chi connectivity index (χ4n) is 4.05. The maximum atomic E-state index is 13.3. The van der Waals surface area contributed by atoms with Crippen LogP contribution in [0.4, 0.5) is 22.0 Å². The molecule has 1 fully saturated rings. The molecule has 4 bridgehead atoms. The van der Waals surface area contributed by atoms with Gasteiger partial charge in [-0.15, -0.1) is 5.10 Å². The van der Waals surface area contributed by atoms with Crippen LogP contribution >= 0.6 is 0 Å². The van der Waals surface area contributed by atoms with Gasteiger partial charge in [0.15, 0.2) is 17.2 Å². The lowest BCUT2D eigenvalue weighted by Gasteiger charge is -2.25. The van der Waals surface area contributed by atoms with Gasteiger partial charge >= 0.3 is 6.09 Å². The lowest BCUT2D eigenvalue weighted by atomic mass is 10.2. The first-order valence-corrected chi connectivity index (χ1v) is 11.8. The summed E-state index contributed by atoms with van der Waals surface area (Å²) in [5, 5.41) is 11.0. The van der Waals surface area contributed by atoms with Gasteiger partial charge in [-0.3, -0.25) is 9.69 Å². The molecule has 11 heteroatoms. The van der Waals surface area contributed by atoms with Crippen molar-refractivity contribution in [3.8, 4) is 5.75 Å². The molecule has 11 nitrogen and oxygen atoms in total. The molecule has 3 heterocycles. The van der Waals surface area contributed by atoms with E-state index in [0.29, 0.717) is 41.8 Å². The van der Waals surface area contributed by atoms with Crippen LogP contribution in [0.5, 0.6) is 5.75 Å². The monoisotopic (exact) mass is 494 g/mol. The molecule has 1 saturated carbocycles. The summed E-state index contributed by atoms with van der Waals surface area (Å²) in [7, 11) is 3.18. The number of ether oxygens (including phenoxy) is 3. The Bertz CT molecular complexity index is 1340. The zero-order valence-corrected chi connectivity index (χ0v) is 21.0. The standard InChI is InChI=1S/C25H30N6O5/c1-24(2,3)36-23(33)30(4)17-11-20-27-16-10-15(6-7-19(16)34-5)13-35-14-25(8-9-25)28-22(32)18-12-26-21(17)31(18)29-20/h6-7,10-12H,8-9,13-14H2,1-5H3,(H,27,29)(H,28,32). The number of methoxy groups -OCH3 is 1. The number of hydrogen-bond acceptors (Lipinski definition) is 8. The predicted octanol–water partition coefficient (Wildman–Crippen LogP) is 3.65. The molecule has 1 spiro atoms. The van der Waals surface area contributed by atoms with Crippen molar-refractivity contribution in [3.63, 3.8) is 0 Å². The van der Waals surface area contributed by atoms with Crippen LogP contribution < -0.4 is 20.3 Å². The average Bonchev–Trinajstić information content (AvgIpc) is 3.42.